The van der Waals surface area contributed by atoms with Crippen molar-refractivity contribution >= 4 is 44.2 Å². The Morgan fingerprint density at radius 2 is 1.85 bits per heavy atom. The number of nitrogen functional groups attached to an aromatic ring is 1. The van der Waals surface area contributed by atoms with Crippen LogP contribution in [0.25, 0.3) is 16.6 Å². The highest BCUT2D eigenvalue weighted by Crippen LogP contribution is 2.30. The number of ether oxygens (including phenoxy) is 1. The first-order valence-corrected chi connectivity index (χ1v) is 13.5. The van der Waals surface area contributed by atoms with Gasteiger partial charge < -0.3 is 20.6 Å². The highest BCUT2D eigenvalue weighted by Gasteiger charge is 2.22. The number of carbonyl (C=O) groups excluding carboxylic acids is 1. The first-order chi connectivity index (χ1) is 19.4. The van der Waals surface area contributed by atoms with Crippen LogP contribution in [0.2, 0.25) is 0 Å². The highest BCUT2D eigenvalue weighted by atomic mass is 32.2. The first-order valence-electron chi connectivity index (χ1n) is 11.9. The van der Waals surface area contributed by atoms with E-state index in [-0.39, 0.29) is 33.7 Å². The molecule has 0 aliphatic heterocycles. The molecular weight excluding hydrogens is 560 g/mol. The number of nitrogens with one attached hydrogen (secondary N) is 2. The van der Waals surface area contributed by atoms with Crippen LogP contribution in [0.1, 0.15) is 21.6 Å². The summed E-state index contributed by atoms with van der Waals surface area (Å²) < 4.78 is 61.2. The zero-order valence-electron chi connectivity index (χ0n) is 21.2. The summed E-state index contributed by atoms with van der Waals surface area (Å²) in [5.74, 6) is -4.42. The number of H-pyrrole nitrogens is 1. The van der Waals surface area contributed by atoms with Crippen LogP contribution in [-0.4, -0.2) is 45.8 Å². The molecule has 0 aliphatic rings. The molecule has 11 nitrogen and oxygen atoms in total. The van der Waals surface area contributed by atoms with Crippen LogP contribution in [0.3, 0.4) is 0 Å². The van der Waals surface area contributed by atoms with E-state index in [1.807, 2.05) is 4.72 Å². The van der Waals surface area contributed by atoms with Crippen molar-refractivity contribution in [1.29, 1.82) is 0 Å². The summed E-state index contributed by atoms with van der Waals surface area (Å²) in [6.45, 7) is 1.76. The fraction of sp³-hybridized carbons (Fsp3) is 0.0741. The molecule has 0 bridgehead atoms. The number of fused-ring (bicyclic) bond motifs is 1. The van der Waals surface area contributed by atoms with Crippen molar-refractivity contribution in [2.24, 2.45) is 0 Å². The van der Waals surface area contributed by atoms with E-state index < -0.39 is 44.9 Å². The fourth-order valence-corrected chi connectivity index (χ4v) is 5.06. The minimum atomic E-state index is -4.35. The van der Waals surface area contributed by atoms with Crippen LogP contribution in [0.4, 0.5) is 20.3 Å². The maximum absolute atomic E-state index is 14.5. The van der Waals surface area contributed by atoms with Gasteiger partial charge in [-0.25, -0.2) is 21.9 Å². The number of halogens is 2. The normalized spacial score (nSPS) is 11.5. The van der Waals surface area contributed by atoms with Crippen molar-refractivity contribution in [2.45, 2.75) is 6.92 Å². The molecule has 3 aromatic carbocycles. The third-order valence-corrected chi connectivity index (χ3v) is 7.20. The molecule has 2 heterocycles. The Hall–Kier alpha value is -5.24. The van der Waals surface area contributed by atoms with Gasteiger partial charge in [0.15, 0.2) is 17.3 Å². The van der Waals surface area contributed by atoms with Gasteiger partial charge in [-0.2, -0.15) is 5.10 Å². The second kappa shape index (κ2) is 10.4. The highest BCUT2D eigenvalue weighted by molar-refractivity contribution is 7.93. The Morgan fingerprint density at radius 1 is 1.10 bits per heavy atom. The van der Waals surface area contributed by atoms with Crippen LogP contribution in [-0.2, 0) is 14.8 Å². The number of nitrogens with two attached hydrogens (primary N) is 1. The summed E-state index contributed by atoms with van der Waals surface area (Å²) in [5, 5.41) is 13.2. The van der Waals surface area contributed by atoms with Crippen molar-refractivity contribution in [3.63, 3.8) is 0 Å². The number of carbonyl (C=O) groups is 2. The zero-order valence-corrected chi connectivity index (χ0v) is 22.0. The van der Waals surface area contributed by atoms with E-state index in [0.717, 1.165) is 12.1 Å². The Bertz CT molecular complexity index is 1950. The predicted octanol–water partition coefficient (Wildman–Crippen LogP) is 4.37. The topological polar surface area (TPSA) is 169 Å². The molecule has 5 N–H and O–H groups in total. The molecule has 0 saturated heterocycles. The van der Waals surface area contributed by atoms with E-state index in [2.05, 4.69) is 10.1 Å². The molecular formula is C27H21F2N5O6S. The summed E-state index contributed by atoms with van der Waals surface area (Å²) in [5.41, 5.74) is 7.30. The number of hydrogen-bond acceptors (Lipinski definition) is 7. The summed E-state index contributed by atoms with van der Waals surface area (Å²) in [7, 11) is -4.35. The van der Waals surface area contributed by atoms with Crippen LogP contribution >= 0.6 is 0 Å². The minimum absolute atomic E-state index is 0.0211. The molecule has 41 heavy (non-hydrogen) atoms. The van der Waals surface area contributed by atoms with Crippen molar-refractivity contribution in [2.75, 3.05) is 16.2 Å². The monoisotopic (exact) mass is 581 g/mol. The van der Waals surface area contributed by atoms with Crippen LogP contribution in [0, 0.1) is 18.6 Å². The average Bonchev–Trinajstić information content (AvgIpc) is 3.47. The van der Waals surface area contributed by atoms with Crippen LogP contribution in [0.15, 0.2) is 66.9 Å². The van der Waals surface area contributed by atoms with Gasteiger partial charge in [0.25, 0.3) is 0 Å². The molecule has 210 valence electrons. The predicted molar refractivity (Wildman–Crippen MR) is 146 cm³/mol. The van der Waals surface area contributed by atoms with E-state index in [1.165, 1.54) is 29.1 Å². The Balaban J connectivity index is 1.41. The number of nitrogens with zero attached hydrogens (tertiary/aromatic N) is 2. The number of hydrogen-bond donors (Lipinski definition) is 4. The van der Waals surface area contributed by atoms with E-state index in [0.29, 0.717) is 17.0 Å². The van der Waals surface area contributed by atoms with Gasteiger partial charge in [-0.15, -0.1) is 0 Å². The summed E-state index contributed by atoms with van der Waals surface area (Å²) in [4.78, 5) is 26.8. The van der Waals surface area contributed by atoms with Crippen LogP contribution in [0.5, 0.6) is 11.5 Å². The van der Waals surface area contributed by atoms with Crippen LogP contribution < -0.4 is 15.2 Å². The number of carboxylic acid groups (broad SMARTS) is 1. The number of ketones is 1. The van der Waals surface area contributed by atoms with Gasteiger partial charge in [0.05, 0.1) is 28.8 Å². The van der Waals surface area contributed by atoms with E-state index in [4.69, 9.17) is 15.6 Å². The number of rotatable bonds is 9. The number of carboxylic acids is 1. The van der Waals surface area contributed by atoms with E-state index >= 15 is 0 Å². The number of aromatic amines is 1. The van der Waals surface area contributed by atoms with Crippen molar-refractivity contribution in [1.82, 2.24) is 14.8 Å². The molecule has 0 radical (unpaired) electrons. The molecule has 0 amide bonds. The van der Waals surface area contributed by atoms with Crippen molar-refractivity contribution < 1.29 is 36.6 Å². The summed E-state index contributed by atoms with van der Waals surface area (Å²) in [6.07, 6.45) is 1.28. The lowest BCUT2D eigenvalue weighted by molar-refractivity contribution is -0.134. The maximum atomic E-state index is 14.5. The number of aromatic nitrogens is 3. The van der Waals surface area contributed by atoms with Gasteiger partial charge in [-0.05, 0) is 61.0 Å². The smallest absolute Gasteiger partial charge is 0.320 e. The fourth-order valence-electron chi connectivity index (χ4n) is 4.17. The van der Waals surface area contributed by atoms with Gasteiger partial charge in [-0.1, -0.05) is 12.1 Å². The number of sulfonamides is 1. The second-order valence-corrected chi connectivity index (χ2v) is 10.7. The zero-order chi connectivity index (χ0) is 29.5. The lowest BCUT2D eigenvalue weighted by Crippen LogP contribution is -2.22. The van der Waals surface area contributed by atoms with Gasteiger partial charge in [-0.3, -0.25) is 14.3 Å². The molecule has 2 aromatic heterocycles. The minimum Gasteiger partial charge on any atom is -0.480 e. The number of benzene rings is 3. The number of anilines is 2. The molecule has 5 aromatic rings. The third-order valence-electron chi connectivity index (χ3n) is 6.04. The summed E-state index contributed by atoms with van der Waals surface area (Å²) >= 11 is 0. The molecule has 14 heteroatoms. The second-order valence-electron chi connectivity index (χ2n) is 9.02. The van der Waals surface area contributed by atoms with Gasteiger partial charge >= 0.3 is 5.97 Å². The van der Waals surface area contributed by atoms with E-state index in [1.54, 1.807) is 37.3 Å². The summed E-state index contributed by atoms with van der Waals surface area (Å²) in [6, 6.07) is 14.4. The van der Waals surface area contributed by atoms with Crippen molar-refractivity contribution in [3.05, 3.63) is 95.3 Å². The third kappa shape index (κ3) is 5.58. The van der Waals surface area contributed by atoms with Gasteiger partial charge in [0, 0.05) is 10.9 Å². The lowest BCUT2D eigenvalue weighted by Gasteiger charge is -2.12. The quantitative estimate of drug-likeness (QED) is 0.186. The van der Waals surface area contributed by atoms with Gasteiger partial charge in [0.2, 0.25) is 15.8 Å². The lowest BCUT2D eigenvalue weighted by atomic mass is 10.1. The number of aryl methyl sites for hydroxylation is 1. The molecule has 0 fully saturated rings. The Kier molecular flexibility index (Phi) is 6.92. The molecule has 0 aliphatic carbocycles. The van der Waals surface area contributed by atoms with Gasteiger partial charge in [0.1, 0.15) is 17.4 Å². The maximum Gasteiger partial charge on any atom is 0.320 e. The molecule has 5 rings (SSSR count). The molecule has 0 spiro atoms. The SMILES string of the molecule is Cc1cc(Oc2ccccc2F)ccc1-n1ncc(C(=O)c2cc3cc(F)c(NS(=O)(=O)CC(=O)O)cc3[nH]2)c1N. The molecule has 0 atom stereocenters. The Labute approximate surface area is 231 Å². The number of aliphatic carboxylic acids is 1. The standard InChI is InChI=1S/C27H21F2N5O6S/c1-14-8-16(40-24-5-3-2-4-18(24)28)6-7-23(14)34-27(30)17(12-31-34)26(37)22-10-15-9-19(29)21(11-20(15)32-22)33-41(38,39)13-25(35)36/h2-12,32-33H,13,30H2,1H3,(H,35,36). The molecule has 0 saturated carbocycles. The first kappa shape index (κ1) is 27.3. The number of para-hydroxylation sites is 1. The Morgan fingerprint density at radius 3 is 2.56 bits per heavy atom. The average molecular weight is 582 g/mol. The molecule has 0 unspecified atom stereocenters. The van der Waals surface area contributed by atoms with E-state index in [9.17, 15) is 26.8 Å². The largest absolute Gasteiger partial charge is 0.480 e. The van der Waals surface area contributed by atoms with Crippen molar-refractivity contribution in [3.8, 4) is 17.2 Å².